The summed E-state index contributed by atoms with van der Waals surface area (Å²) < 4.78 is 0. The van der Waals surface area contributed by atoms with Crippen LogP contribution in [0, 0.1) is 0 Å². The Labute approximate surface area is 137 Å². The molecule has 0 heterocycles. The summed E-state index contributed by atoms with van der Waals surface area (Å²) in [5.41, 5.74) is 12.5. The van der Waals surface area contributed by atoms with Crippen molar-refractivity contribution in [2.45, 2.75) is 6.04 Å². The molecule has 0 bridgehead atoms. The number of carbonyl (C=O) groups is 1. The number of hydrogen-bond donors (Lipinski definition) is 3. The summed E-state index contributed by atoms with van der Waals surface area (Å²) in [6.45, 7) is 0. The van der Waals surface area contributed by atoms with E-state index in [9.17, 15) is 4.79 Å². The fraction of sp³-hybridized carbons (Fsp3) is 0.0714. The third kappa shape index (κ3) is 3.53. The molecule has 0 aliphatic rings. The highest BCUT2D eigenvalue weighted by molar-refractivity contribution is 6.38. The summed E-state index contributed by atoms with van der Waals surface area (Å²) in [6, 6.07) is 9.02. The number of rotatable bonds is 4. The SMILES string of the molecule is NC(=O)C(Nc1ccc(Cl)cc1)c1c(Cl)ccc(N)c1Cl. The quantitative estimate of drug-likeness (QED) is 0.736. The molecular formula is C14H12Cl3N3O. The highest BCUT2D eigenvalue weighted by Crippen LogP contribution is 2.36. The van der Waals surface area contributed by atoms with Gasteiger partial charge in [0.1, 0.15) is 6.04 Å². The maximum atomic E-state index is 11.8. The number of anilines is 2. The average Bonchev–Trinajstić information content (AvgIpc) is 2.44. The van der Waals surface area contributed by atoms with E-state index >= 15 is 0 Å². The van der Waals surface area contributed by atoms with Crippen molar-refractivity contribution in [2.75, 3.05) is 11.1 Å². The molecule has 0 aromatic heterocycles. The third-order valence-electron chi connectivity index (χ3n) is 2.88. The summed E-state index contributed by atoms with van der Waals surface area (Å²) in [7, 11) is 0. The number of nitrogens with two attached hydrogens (primary N) is 2. The summed E-state index contributed by atoms with van der Waals surface area (Å²) in [4.78, 5) is 11.8. The molecule has 4 nitrogen and oxygen atoms in total. The first-order chi connectivity index (χ1) is 9.90. The molecule has 0 radical (unpaired) electrons. The molecule has 0 saturated heterocycles. The lowest BCUT2D eigenvalue weighted by molar-refractivity contribution is -0.118. The van der Waals surface area contributed by atoms with Gasteiger partial charge in [0, 0.05) is 21.3 Å². The topological polar surface area (TPSA) is 81.1 Å². The van der Waals surface area contributed by atoms with E-state index < -0.39 is 11.9 Å². The average molecular weight is 345 g/mol. The summed E-state index contributed by atoms with van der Waals surface area (Å²) >= 11 is 18.1. The minimum Gasteiger partial charge on any atom is -0.398 e. The van der Waals surface area contributed by atoms with Gasteiger partial charge < -0.3 is 16.8 Å². The van der Waals surface area contributed by atoms with E-state index in [-0.39, 0.29) is 5.02 Å². The molecule has 1 amide bonds. The molecular weight excluding hydrogens is 333 g/mol. The predicted molar refractivity (Wildman–Crippen MR) is 87.9 cm³/mol. The van der Waals surface area contributed by atoms with Crippen LogP contribution < -0.4 is 16.8 Å². The lowest BCUT2D eigenvalue weighted by Crippen LogP contribution is -2.28. The molecule has 2 aromatic carbocycles. The van der Waals surface area contributed by atoms with Gasteiger partial charge in [-0.3, -0.25) is 4.79 Å². The molecule has 0 aliphatic carbocycles. The van der Waals surface area contributed by atoms with Crippen molar-refractivity contribution in [3.63, 3.8) is 0 Å². The van der Waals surface area contributed by atoms with Gasteiger partial charge in [-0.25, -0.2) is 0 Å². The highest BCUT2D eigenvalue weighted by Gasteiger charge is 2.24. The van der Waals surface area contributed by atoms with E-state index in [1.165, 1.54) is 0 Å². The van der Waals surface area contributed by atoms with E-state index in [1.807, 2.05) is 0 Å². The Bertz CT molecular complexity index is 674. The van der Waals surface area contributed by atoms with Crippen molar-refractivity contribution in [1.82, 2.24) is 0 Å². The van der Waals surface area contributed by atoms with Crippen LogP contribution in [0.25, 0.3) is 0 Å². The van der Waals surface area contributed by atoms with Gasteiger partial charge in [0.25, 0.3) is 0 Å². The number of hydrogen-bond acceptors (Lipinski definition) is 3. The van der Waals surface area contributed by atoms with Gasteiger partial charge in [-0.1, -0.05) is 34.8 Å². The largest absolute Gasteiger partial charge is 0.398 e. The molecule has 5 N–H and O–H groups in total. The summed E-state index contributed by atoms with van der Waals surface area (Å²) in [6.07, 6.45) is 0. The van der Waals surface area contributed by atoms with Crippen LogP contribution in [0.1, 0.15) is 11.6 Å². The zero-order chi connectivity index (χ0) is 15.6. The smallest absolute Gasteiger partial charge is 0.244 e. The lowest BCUT2D eigenvalue weighted by Gasteiger charge is -2.20. The predicted octanol–water partition coefficient (Wildman–Crippen LogP) is 3.87. The van der Waals surface area contributed by atoms with E-state index in [0.29, 0.717) is 27.0 Å². The van der Waals surface area contributed by atoms with Gasteiger partial charge in [-0.2, -0.15) is 0 Å². The summed E-state index contributed by atoms with van der Waals surface area (Å²) in [5, 5.41) is 4.06. The first kappa shape index (κ1) is 15.8. The van der Waals surface area contributed by atoms with Crippen LogP contribution in [0.5, 0.6) is 0 Å². The standard InChI is InChI=1S/C14H12Cl3N3O/c15-7-1-3-8(4-2-7)20-13(14(19)21)11-9(16)5-6-10(18)12(11)17/h1-6,13,20H,18H2,(H2,19,21). The maximum absolute atomic E-state index is 11.8. The van der Waals surface area contributed by atoms with Gasteiger partial charge >= 0.3 is 0 Å². The van der Waals surface area contributed by atoms with E-state index in [0.717, 1.165) is 0 Å². The fourth-order valence-electron chi connectivity index (χ4n) is 1.85. The Morgan fingerprint density at radius 3 is 2.24 bits per heavy atom. The Balaban J connectivity index is 2.43. The molecule has 2 rings (SSSR count). The molecule has 110 valence electrons. The number of amides is 1. The number of benzene rings is 2. The first-order valence-corrected chi connectivity index (χ1v) is 7.08. The second-order valence-corrected chi connectivity index (χ2v) is 5.57. The maximum Gasteiger partial charge on any atom is 0.244 e. The lowest BCUT2D eigenvalue weighted by atomic mass is 10.0. The number of primary amides is 1. The molecule has 0 spiro atoms. The second kappa shape index (κ2) is 6.43. The van der Waals surface area contributed by atoms with Crippen LogP contribution >= 0.6 is 34.8 Å². The van der Waals surface area contributed by atoms with Gasteiger partial charge in [-0.15, -0.1) is 0 Å². The Kier molecular flexibility index (Phi) is 4.83. The monoisotopic (exact) mass is 343 g/mol. The van der Waals surface area contributed by atoms with Crippen molar-refractivity contribution >= 4 is 52.1 Å². The Hall–Kier alpha value is -1.62. The normalized spacial score (nSPS) is 12.0. The minimum atomic E-state index is -0.908. The molecule has 0 saturated carbocycles. The molecule has 0 fully saturated rings. The van der Waals surface area contributed by atoms with Crippen LogP contribution in [-0.2, 0) is 4.79 Å². The van der Waals surface area contributed by atoms with Crippen LogP contribution in [0.2, 0.25) is 15.1 Å². The van der Waals surface area contributed by atoms with Gasteiger partial charge in [0.15, 0.2) is 0 Å². The van der Waals surface area contributed by atoms with E-state index in [4.69, 9.17) is 46.3 Å². The van der Waals surface area contributed by atoms with Crippen molar-refractivity contribution < 1.29 is 4.79 Å². The van der Waals surface area contributed by atoms with E-state index in [2.05, 4.69) is 5.32 Å². The number of halogens is 3. The third-order valence-corrected chi connectivity index (χ3v) is 3.89. The Morgan fingerprint density at radius 2 is 1.67 bits per heavy atom. The van der Waals surface area contributed by atoms with Gasteiger partial charge in [0.05, 0.1) is 10.7 Å². The van der Waals surface area contributed by atoms with Crippen molar-refractivity contribution in [2.24, 2.45) is 5.73 Å². The van der Waals surface area contributed by atoms with Crippen molar-refractivity contribution in [3.05, 3.63) is 57.0 Å². The molecule has 0 aliphatic heterocycles. The van der Waals surface area contributed by atoms with Crippen LogP contribution in [0.3, 0.4) is 0 Å². The fourth-order valence-corrected chi connectivity index (χ4v) is 2.56. The van der Waals surface area contributed by atoms with Gasteiger partial charge in [-0.05, 0) is 36.4 Å². The second-order valence-electron chi connectivity index (χ2n) is 4.35. The molecule has 1 atom stereocenters. The number of nitrogen functional groups attached to an aromatic ring is 1. The Morgan fingerprint density at radius 1 is 1.05 bits per heavy atom. The van der Waals surface area contributed by atoms with E-state index in [1.54, 1.807) is 36.4 Å². The molecule has 1 unspecified atom stereocenters. The first-order valence-electron chi connectivity index (χ1n) is 5.95. The van der Waals surface area contributed by atoms with Crippen LogP contribution in [-0.4, -0.2) is 5.91 Å². The van der Waals surface area contributed by atoms with Crippen LogP contribution in [0.4, 0.5) is 11.4 Å². The molecule has 7 heteroatoms. The highest BCUT2D eigenvalue weighted by atomic mass is 35.5. The number of nitrogens with one attached hydrogen (secondary N) is 1. The summed E-state index contributed by atoms with van der Waals surface area (Å²) in [5.74, 6) is -0.626. The molecule has 21 heavy (non-hydrogen) atoms. The number of carbonyl (C=O) groups excluding carboxylic acids is 1. The van der Waals surface area contributed by atoms with Crippen molar-refractivity contribution in [3.8, 4) is 0 Å². The van der Waals surface area contributed by atoms with Crippen molar-refractivity contribution in [1.29, 1.82) is 0 Å². The zero-order valence-electron chi connectivity index (χ0n) is 10.7. The minimum absolute atomic E-state index is 0.202. The molecule has 2 aromatic rings. The zero-order valence-corrected chi connectivity index (χ0v) is 13.0. The van der Waals surface area contributed by atoms with Gasteiger partial charge in [0.2, 0.25) is 5.91 Å². The van der Waals surface area contributed by atoms with Crippen LogP contribution in [0.15, 0.2) is 36.4 Å².